The van der Waals surface area contributed by atoms with Crippen molar-refractivity contribution in [2.75, 3.05) is 20.3 Å². The highest BCUT2D eigenvalue weighted by atomic mass is 16.6. The Bertz CT molecular complexity index is 284. The minimum Gasteiger partial charge on any atom is -0.468 e. The summed E-state index contributed by atoms with van der Waals surface area (Å²) < 4.78 is 9.56. The van der Waals surface area contributed by atoms with Crippen LogP contribution in [0, 0.1) is 0 Å². The van der Waals surface area contributed by atoms with Crippen molar-refractivity contribution in [2.24, 2.45) is 0 Å². The summed E-state index contributed by atoms with van der Waals surface area (Å²) in [7, 11) is 1.31. The lowest BCUT2D eigenvalue weighted by Gasteiger charge is -2.26. The SMILES string of the molecule is C=CCOC(=O)N(CC(=O)OC)C1CCCC1. The van der Waals surface area contributed by atoms with Crippen molar-refractivity contribution in [1.29, 1.82) is 0 Å². The number of methoxy groups -OCH3 is 1. The van der Waals surface area contributed by atoms with Crippen LogP contribution in [-0.4, -0.2) is 43.3 Å². The smallest absolute Gasteiger partial charge is 0.410 e. The summed E-state index contributed by atoms with van der Waals surface area (Å²) in [6, 6.07) is 0.0893. The van der Waals surface area contributed by atoms with E-state index in [1.807, 2.05) is 0 Å². The molecular formula is C12H19NO4. The van der Waals surface area contributed by atoms with Crippen molar-refractivity contribution >= 4 is 12.1 Å². The number of carbonyl (C=O) groups is 2. The predicted molar refractivity (Wildman–Crippen MR) is 62.5 cm³/mol. The maximum absolute atomic E-state index is 11.8. The Morgan fingerprint density at radius 3 is 2.59 bits per heavy atom. The van der Waals surface area contributed by atoms with E-state index in [1.165, 1.54) is 18.1 Å². The van der Waals surface area contributed by atoms with E-state index in [4.69, 9.17) is 4.74 Å². The molecule has 1 aliphatic carbocycles. The van der Waals surface area contributed by atoms with Gasteiger partial charge in [-0.05, 0) is 12.8 Å². The maximum atomic E-state index is 11.8. The van der Waals surface area contributed by atoms with Gasteiger partial charge in [-0.25, -0.2) is 4.79 Å². The van der Waals surface area contributed by atoms with Crippen molar-refractivity contribution < 1.29 is 19.1 Å². The normalized spacial score (nSPS) is 15.4. The number of esters is 1. The van der Waals surface area contributed by atoms with Gasteiger partial charge in [0.25, 0.3) is 0 Å². The Morgan fingerprint density at radius 2 is 2.06 bits per heavy atom. The Labute approximate surface area is 101 Å². The van der Waals surface area contributed by atoms with Gasteiger partial charge in [-0.15, -0.1) is 0 Å². The zero-order valence-electron chi connectivity index (χ0n) is 10.2. The van der Waals surface area contributed by atoms with Gasteiger partial charge in [-0.3, -0.25) is 9.69 Å². The van der Waals surface area contributed by atoms with Crippen LogP contribution in [0.4, 0.5) is 4.79 Å². The number of hydrogen-bond acceptors (Lipinski definition) is 4. The molecule has 0 bridgehead atoms. The van der Waals surface area contributed by atoms with E-state index in [2.05, 4.69) is 11.3 Å². The number of hydrogen-bond donors (Lipinski definition) is 0. The molecule has 5 heteroatoms. The van der Waals surface area contributed by atoms with Crippen molar-refractivity contribution in [2.45, 2.75) is 31.7 Å². The molecule has 0 aromatic rings. The minimum atomic E-state index is -0.470. The quantitative estimate of drug-likeness (QED) is 0.543. The van der Waals surface area contributed by atoms with Crippen molar-refractivity contribution in [3.8, 4) is 0 Å². The predicted octanol–water partition coefficient (Wildman–Crippen LogP) is 1.73. The van der Waals surface area contributed by atoms with E-state index in [9.17, 15) is 9.59 Å². The first-order valence-corrected chi connectivity index (χ1v) is 5.80. The lowest BCUT2D eigenvalue weighted by Crippen LogP contribution is -2.42. The lowest BCUT2D eigenvalue weighted by molar-refractivity contribution is -0.142. The maximum Gasteiger partial charge on any atom is 0.410 e. The molecule has 0 unspecified atom stereocenters. The van der Waals surface area contributed by atoms with Gasteiger partial charge in [-0.2, -0.15) is 0 Å². The molecule has 0 heterocycles. The first-order chi connectivity index (χ1) is 8.19. The zero-order chi connectivity index (χ0) is 12.7. The minimum absolute atomic E-state index is 0.0445. The van der Waals surface area contributed by atoms with Gasteiger partial charge < -0.3 is 9.47 Å². The molecule has 1 fully saturated rings. The number of amides is 1. The third kappa shape index (κ3) is 4.09. The third-order valence-corrected chi connectivity index (χ3v) is 2.85. The molecule has 1 rings (SSSR count). The largest absolute Gasteiger partial charge is 0.468 e. The Balaban J connectivity index is 2.59. The molecule has 0 aromatic carbocycles. The summed E-state index contributed by atoms with van der Waals surface area (Å²) in [4.78, 5) is 24.5. The van der Waals surface area contributed by atoms with Gasteiger partial charge in [0.2, 0.25) is 0 Å². The fourth-order valence-electron chi connectivity index (χ4n) is 1.98. The second kappa shape index (κ2) is 6.93. The molecule has 17 heavy (non-hydrogen) atoms. The molecule has 1 amide bonds. The molecule has 0 spiro atoms. The van der Waals surface area contributed by atoms with Crippen LogP contribution in [0.1, 0.15) is 25.7 Å². The van der Waals surface area contributed by atoms with E-state index < -0.39 is 12.1 Å². The van der Waals surface area contributed by atoms with Crippen molar-refractivity contribution in [3.63, 3.8) is 0 Å². The highest BCUT2D eigenvalue weighted by Crippen LogP contribution is 2.24. The fraction of sp³-hybridized carbons (Fsp3) is 0.667. The highest BCUT2D eigenvalue weighted by molar-refractivity contribution is 5.78. The molecule has 0 radical (unpaired) electrons. The average molecular weight is 241 g/mol. The lowest BCUT2D eigenvalue weighted by atomic mass is 10.2. The number of carbonyl (C=O) groups excluding carboxylic acids is 2. The van der Waals surface area contributed by atoms with Crippen molar-refractivity contribution in [3.05, 3.63) is 12.7 Å². The Kier molecular flexibility index (Phi) is 5.52. The molecule has 5 nitrogen and oxygen atoms in total. The van der Waals surface area contributed by atoms with E-state index in [0.29, 0.717) is 0 Å². The van der Waals surface area contributed by atoms with Crippen LogP contribution in [0.5, 0.6) is 0 Å². The zero-order valence-corrected chi connectivity index (χ0v) is 10.2. The van der Waals surface area contributed by atoms with Gasteiger partial charge >= 0.3 is 12.1 Å². The number of nitrogens with zero attached hydrogens (tertiary/aromatic N) is 1. The van der Waals surface area contributed by atoms with Gasteiger partial charge in [0.15, 0.2) is 0 Å². The summed E-state index contributed by atoms with van der Waals surface area (Å²) >= 11 is 0. The van der Waals surface area contributed by atoms with Crippen LogP contribution in [0.3, 0.4) is 0 Å². The highest BCUT2D eigenvalue weighted by Gasteiger charge is 2.29. The summed E-state index contributed by atoms with van der Waals surface area (Å²) in [5, 5.41) is 0. The van der Waals surface area contributed by atoms with Crippen LogP contribution < -0.4 is 0 Å². The molecule has 0 N–H and O–H groups in total. The standard InChI is InChI=1S/C12H19NO4/c1-3-8-17-12(15)13(9-11(14)16-2)10-6-4-5-7-10/h3,10H,1,4-9H2,2H3. The molecular weight excluding hydrogens is 222 g/mol. The second-order valence-electron chi connectivity index (χ2n) is 4.01. The first-order valence-electron chi connectivity index (χ1n) is 5.80. The van der Waals surface area contributed by atoms with Crippen LogP contribution in [0.2, 0.25) is 0 Å². The molecule has 0 aromatic heterocycles. The topological polar surface area (TPSA) is 55.8 Å². The molecule has 0 saturated heterocycles. The first kappa shape index (κ1) is 13.5. The Morgan fingerprint density at radius 1 is 1.41 bits per heavy atom. The summed E-state index contributed by atoms with van der Waals surface area (Å²) in [6.07, 6.45) is 5.03. The molecule has 0 atom stereocenters. The van der Waals surface area contributed by atoms with Gasteiger partial charge in [-0.1, -0.05) is 25.5 Å². The monoisotopic (exact) mass is 241 g/mol. The van der Waals surface area contributed by atoms with Gasteiger partial charge in [0.1, 0.15) is 13.2 Å². The third-order valence-electron chi connectivity index (χ3n) is 2.85. The van der Waals surface area contributed by atoms with Crippen LogP contribution in [-0.2, 0) is 14.3 Å². The van der Waals surface area contributed by atoms with Crippen LogP contribution >= 0.6 is 0 Å². The molecule has 0 aliphatic heterocycles. The van der Waals surface area contributed by atoms with Crippen LogP contribution in [0.25, 0.3) is 0 Å². The average Bonchev–Trinajstić information content (AvgIpc) is 2.86. The van der Waals surface area contributed by atoms with Gasteiger partial charge in [0.05, 0.1) is 7.11 Å². The van der Waals surface area contributed by atoms with E-state index in [0.717, 1.165) is 25.7 Å². The van der Waals surface area contributed by atoms with E-state index in [1.54, 1.807) is 0 Å². The van der Waals surface area contributed by atoms with Crippen molar-refractivity contribution in [1.82, 2.24) is 4.90 Å². The number of rotatable bonds is 5. The van der Waals surface area contributed by atoms with E-state index >= 15 is 0 Å². The molecule has 1 aliphatic rings. The summed E-state index contributed by atoms with van der Waals surface area (Å²) in [5.41, 5.74) is 0. The second-order valence-corrected chi connectivity index (χ2v) is 4.01. The van der Waals surface area contributed by atoms with E-state index in [-0.39, 0.29) is 19.2 Å². The summed E-state index contributed by atoms with van der Waals surface area (Å²) in [6.45, 7) is 3.59. The number of ether oxygens (including phenoxy) is 2. The van der Waals surface area contributed by atoms with Gasteiger partial charge in [0, 0.05) is 6.04 Å². The molecule has 96 valence electrons. The summed E-state index contributed by atoms with van der Waals surface area (Å²) in [5.74, 6) is -0.424. The molecule has 1 saturated carbocycles. The fourth-order valence-corrected chi connectivity index (χ4v) is 1.98. The van der Waals surface area contributed by atoms with Crippen LogP contribution in [0.15, 0.2) is 12.7 Å². The Hall–Kier alpha value is -1.52.